The number of ether oxygens (including phenoxy) is 3. The fourth-order valence-corrected chi connectivity index (χ4v) is 4.00. The lowest BCUT2D eigenvalue weighted by atomic mass is 9.85. The van der Waals surface area contributed by atoms with Gasteiger partial charge in [0.15, 0.2) is 11.5 Å². The van der Waals surface area contributed by atoms with Gasteiger partial charge in [0.1, 0.15) is 0 Å². The van der Waals surface area contributed by atoms with E-state index in [1.807, 2.05) is 13.8 Å². The molecule has 3 atom stereocenters. The molecule has 1 N–H and O–H groups in total. The third-order valence-corrected chi connectivity index (χ3v) is 5.60. The molecule has 26 heavy (non-hydrogen) atoms. The minimum absolute atomic E-state index is 0.0162. The van der Waals surface area contributed by atoms with E-state index in [0.29, 0.717) is 42.0 Å². The van der Waals surface area contributed by atoms with Crippen molar-refractivity contribution in [3.05, 3.63) is 22.2 Å². The molecular weight excluding hydrogens is 362 g/mol. The number of carboxylic acid groups (broad SMARTS) is 1. The lowest BCUT2D eigenvalue weighted by Crippen LogP contribution is -2.52. The van der Waals surface area contributed by atoms with Crippen LogP contribution in [-0.2, 0) is 4.74 Å². The second-order valence-electron chi connectivity index (χ2n) is 6.95. The maximum absolute atomic E-state index is 12.0. The fraction of sp³-hybridized carbons (Fsp3) is 0.556. The number of benzene rings is 1. The summed E-state index contributed by atoms with van der Waals surface area (Å²) >= 11 is 6.31. The second kappa shape index (κ2) is 6.54. The summed E-state index contributed by atoms with van der Waals surface area (Å²) in [5, 5.41) is 9.53. The first kappa shape index (κ1) is 18.6. The monoisotopic (exact) mass is 383 g/mol. The predicted octanol–water partition coefficient (Wildman–Crippen LogP) is 3.70. The van der Waals surface area contributed by atoms with Crippen LogP contribution in [0.4, 0.5) is 4.79 Å². The molecule has 3 unspecified atom stereocenters. The van der Waals surface area contributed by atoms with Crippen molar-refractivity contribution in [3.63, 3.8) is 0 Å². The van der Waals surface area contributed by atoms with Gasteiger partial charge in [-0.15, -0.1) is 0 Å². The van der Waals surface area contributed by atoms with Gasteiger partial charge in [-0.05, 0) is 32.8 Å². The normalized spacial score (nSPS) is 27.3. The Bertz CT molecular complexity index is 767. The summed E-state index contributed by atoms with van der Waals surface area (Å²) in [5.74, 6) is -0.628. The highest BCUT2D eigenvalue weighted by atomic mass is 35.5. The molecule has 1 fully saturated rings. The molecule has 2 aliphatic rings. The molecule has 8 heteroatoms. The van der Waals surface area contributed by atoms with Crippen molar-refractivity contribution in [2.75, 3.05) is 13.7 Å². The summed E-state index contributed by atoms with van der Waals surface area (Å²) in [6, 6.07) is 1.38. The molecule has 1 aromatic rings. The Morgan fingerprint density at radius 1 is 1.38 bits per heavy atom. The van der Waals surface area contributed by atoms with Crippen LogP contribution in [0.25, 0.3) is 0 Å². The molecule has 0 aromatic heterocycles. The second-order valence-corrected chi connectivity index (χ2v) is 7.35. The summed E-state index contributed by atoms with van der Waals surface area (Å²) in [4.78, 5) is 24.7. The smallest absolute Gasteiger partial charge is 0.407 e. The number of carbonyl (C=O) groups excluding carboxylic acids is 1. The van der Waals surface area contributed by atoms with Crippen molar-refractivity contribution in [2.45, 2.75) is 45.4 Å². The minimum Gasteiger partial charge on any atom is -0.465 e. The van der Waals surface area contributed by atoms with Crippen LogP contribution in [0.1, 0.15) is 42.6 Å². The standard InChI is InChI=1S/C18H22ClNO6/c1-9-7-11(5-6-20(9)17(22)23)18(3)25-14-10(2)12(16(21)24-4)8-13(19)15(14)26-18/h8-9,11H,5-7H2,1-4H3,(H,22,23). The van der Waals surface area contributed by atoms with E-state index in [1.165, 1.54) is 18.1 Å². The molecule has 142 valence electrons. The van der Waals surface area contributed by atoms with Crippen LogP contribution in [0.15, 0.2) is 6.07 Å². The van der Waals surface area contributed by atoms with Gasteiger partial charge in [0.05, 0.1) is 17.7 Å². The van der Waals surface area contributed by atoms with E-state index in [4.69, 9.17) is 25.8 Å². The zero-order chi connectivity index (χ0) is 19.2. The third kappa shape index (κ3) is 2.94. The molecule has 1 saturated heterocycles. The lowest BCUT2D eigenvalue weighted by Gasteiger charge is -2.41. The molecule has 2 aliphatic heterocycles. The maximum atomic E-state index is 12.0. The number of fused-ring (bicyclic) bond motifs is 1. The molecule has 0 aliphatic carbocycles. The van der Waals surface area contributed by atoms with Crippen LogP contribution in [0.3, 0.4) is 0 Å². The fourth-order valence-electron chi connectivity index (χ4n) is 3.77. The lowest BCUT2D eigenvalue weighted by molar-refractivity contribution is -0.128. The molecule has 0 bridgehead atoms. The highest BCUT2D eigenvalue weighted by Crippen LogP contribution is 2.51. The van der Waals surface area contributed by atoms with E-state index in [1.54, 1.807) is 6.92 Å². The Kier molecular flexibility index (Phi) is 4.69. The molecule has 7 nitrogen and oxygen atoms in total. The van der Waals surface area contributed by atoms with Gasteiger partial charge in [-0.25, -0.2) is 9.59 Å². The van der Waals surface area contributed by atoms with Gasteiger partial charge in [-0.2, -0.15) is 0 Å². The Morgan fingerprint density at radius 3 is 2.62 bits per heavy atom. The number of likely N-dealkylation sites (tertiary alicyclic amines) is 1. The molecule has 3 rings (SSSR count). The van der Waals surface area contributed by atoms with Gasteiger partial charge in [0, 0.05) is 31.0 Å². The zero-order valence-corrected chi connectivity index (χ0v) is 15.9. The van der Waals surface area contributed by atoms with E-state index in [2.05, 4.69) is 0 Å². The molecule has 0 radical (unpaired) electrons. The average Bonchev–Trinajstić information content (AvgIpc) is 2.97. The Balaban J connectivity index is 1.88. The van der Waals surface area contributed by atoms with Crippen molar-refractivity contribution in [1.82, 2.24) is 4.90 Å². The highest BCUT2D eigenvalue weighted by molar-refractivity contribution is 6.32. The first-order valence-corrected chi connectivity index (χ1v) is 8.84. The quantitative estimate of drug-likeness (QED) is 0.784. The Morgan fingerprint density at radius 2 is 2.04 bits per heavy atom. The van der Waals surface area contributed by atoms with Crippen LogP contribution < -0.4 is 9.47 Å². The van der Waals surface area contributed by atoms with Crippen molar-refractivity contribution in [1.29, 1.82) is 0 Å². The number of amides is 1. The molecule has 0 spiro atoms. The van der Waals surface area contributed by atoms with Gasteiger partial charge < -0.3 is 24.2 Å². The molecule has 0 saturated carbocycles. The van der Waals surface area contributed by atoms with E-state index >= 15 is 0 Å². The largest absolute Gasteiger partial charge is 0.465 e. The number of hydrogen-bond donors (Lipinski definition) is 1. The topological polar surface area (TPSA) is 85.3 Å². The van der Waals surface area contributed by atoms with Crippen molar-refractivity contribution >= 4 is 23.7 Å². The molecular formula is C18H22ClNO6. The number of hydrogen-bond acceptors (Lipinski definition) is 5. The first-order chi connectivity index (χ1) is 12.2. The predicted molar refractivity (Wildman–Crippen MR) is 94.1 cm³/mol. The van der Waals surface area contributed by atoms with Crippen LogP contribution >= 0.6 is 11.6 Å². The number of nitrogens with zero attached hydrogens (tertiary/aromatic N) is 1. The summed E-state index contributed by atoms with van der Waals surface area (Å²) in [6.07, 6.45) is 0.304. The Labute approximate surface area is 156 Å². The van der Waals surface area contributed by atoms with E-state index in [0.717, 1.165) is 0 Å². The van der Waals surface area contributed by atoms with Crippen molar-refractivity contribution in [3.8, 4) is 11.5 Å². The summed E-state index contributed by atoms with van der Waals surface area (Å²) in [6.45, 7) is 5.87. The van der Waals surface area contributed by atoms with Crippen molar-refractivity contribution in [2.24, 2.45) is 5.92 Å². The molecule has 2 heterocycles. The Hall–Kier alpha value is -2.15. The number of carbonyl (C=O) groups is 2. The maximum Gasteiger partial charge on any atom is 0.407 e. The van der Waals surface area contributed by atoms with Crippen LogP contribution in [0.5, 0.6) is 11.5 Å². The van der Waals surface area contributed by atoms with Crippen LogP contribution in [0.2, 0.25) is 5.02 Å². The van der Waals surface area contributed by atoms with Crippen molar-refractivity contribution < 1.29 is 28.9 Å². The number of esters is 1. The highest BCUT2D eigenvalue weighted by Gasteiger charge is 2.49. The summed E-state index contributed by atoms with van der Waals surface area (Å²) < 4.78 is 17.0. The van der Waals surface area contributed by atoms with E-state index in [9.17, 15) is 14.7 Å². The summed E-state index contributed by atoms with van der Waals surface area (Å²) in [5.41, 5.74) is 0.939. The van der Waals surface area contributed by atoms with E-state index < -0.39 is 17.8 Å². The van der Waals surface area contributed by atoms with Gasteiger partial charge in [0.2, 0.25) is 0 Å². The van der Waals surface area contributed by atoms with Gasteiger partial charge >= 0.3 is 12.1 Å². The average molecular weight is 384 g/mol. The SMILES string of the molecule is COC(=O)c1cc(Cl)c2c(c1C)OC(C)(C1CCN(C(=O)O)C(C)C1)O2. The van der Waals surface area contributed by atoms with Crippen LogP contribution in [-0.4, -0.2) is 47.6 Å². The van der Waals surface area contributed by atoms with Gasteiger partial charge in [-0.3, -0.25) is 0 Å². The number of piperidine rings is 1. The third-order valence-electron chi connectivity index (χ3n) is 5.32. The number of rotatable bonds is 2. The summed E-state index contributed by atoms with van der Waals surface area (Å²) in [7, 11) is 1.31. The number of methoxy groups -OCH3 is 1. The zero-order valence-electron chi connectivity index (χ0n) is 15.2. The number of halogens is 1. The first-order valence-electron chi connectivity index (χ1n) is 8.47. The van der Waals surface area contributed by atoms with Crippen LogP contribution in [0, 0.1) is 12.8 Å². The van der Waals surface area contributed by atoms with Gasteiger partial charge in [0.25, 0.3) is 5.79 Å². The van der Waals surface area contributed by atoms with Gasteiger partial charge in [-0.1, -0.05) is 11.6 Å². The van der Waals surface area contributed by atoms with E-state index in [-0.39, 0.29) is 17.0 Å². The minimum atomic E-state index is -0.968. The molecule has 1 aromatic carbocycles. The molecule has 1 amide bonds.